The van der Waals surface area contributed by atoms with Crippen molar-refractivity contribution in [2.24, 2.45) is 28.4 Å². The molecule has 3 aromatic carbocycles. The third-order valence-electron chi connectivity index (χ3n) is 16.4. The molecule has 6 aliphatic rings. The molecule has 5 heterocycles. The van der Waals surface area contributed by atoms with Crippen molar-refractivity contribution in [3.05, 3.63) is 101 Å². The Labute approximate surface area is 409 Å². The predicted molar refractivity (Wildman–Crippen MR) is 266 cm³/mol. The molecule has 1 spiro atoms. The number of amides is 2. The van der Waals surface area contributed by atoms with E-state index < -0.39 is 6.43 Å². The maximum Gasteiger partial charge on any atom is 0.264 e. The normalized spacial score (nSPS) is 22.3. The van der Waals surface area contributed by atoms with Gasteiger partial charge in [-0.1, -0.05) is 32.4 Å². The van der Waals surface area contributed by atoms with Gasteiger partial charge in [-0.3, -0.25) is 14.3 Å². The highest BCUT2D eigenvalue weighted by molar-refractivity contribution is 6.12. The zero-order chi connectivity index (χ0) is 49.3. The van der Waals surface area contributed by atoms with E-state index in [9.17, 15) is 23.6 Å². The van der Waals surface area contributed by atoms with Crippen LogP contribution in [-0.2, 0) is 18.3 Å². The van der Waals surface area contributed by atoms with Crippen LogP contribution in [0.2, 0.25) is 0 Å². The number of methoxy groups -OCH3 is 1. The van der Waals surface area contributed by atoms with Gasteiger partial charge >= 0.3 is 0 Å². The summed E-state index contributed by atoms with van der Waals surface area (Å²) in [4.78, 5) is 33.1. The SMILES string of the molecule is COc1cc(OC2C(C)(C)C(NC(=O)c3ccc(N4CCCC5(CCC(=[N+]6N=C(N7CCCc8cc(-c9cnn(C)c9)c(C(F)F)cc87)C7=C6CCN(C(C)=O)C7)CC5)C4)cc3)C2(C)C)ccc1C#N. The molecule has 1 N–H and O–H groups in total. The number of alkyl halides is 2. The van der Waals surface area contributed by atoms with Crippen molar-refractivity contribution in [1.29, 1.82) is 5.26 Å². The molecule has 0 atom stereocenters. The average molecular weight is 953 g/mol. The third kappa shape index (κ3) is 8.30. The number of carbonyl (C=O) groups is 2. The molecule has 2 saturated carbocycles. The van der Waals surface area contributed by atoms with Crippen LogP contribution in [0.3, 0.4) is 0 Å². The molecule has 366 valence electrons. The van der Waals surface area contributed by atoms with E-state index in [1.54, 1.807) is 55.3 Å². The molecule has 1 aromatic heterocycles. The van der Waals surface area contributed by atoms with Crippen LogP contribution in [0.15, 0.2) is 83.4 Å². The first-order valence-corrected chi connectivity index (χ1v) is 24.8. The minimum atomic E-state index is -2.67. The number of hydrogen-bond donors (Lipinski definition) is 1. The largest absolute Gasteiger partial charge is 0.495 e. The van der Waals surface area contributed by atoms with E-state index >= 15 is 0 Å². The molecule has 4 aliphatic heterocycles. The molecule has 2 amide bonds. The molecule has 3 fully saturated rings. The summed E-state index contributed by atoms with van der Waals surface area (Å²) in [5.74, 6) is 1.76. The van der Waals surface area contributed by atoms with Crippen LogP contribution >= 0.6 is 0 Å². The monoisotopic (exact) mass is 953 g/mol. The lowest BCUT2D eigenvalue weighted by Gasteiger charge is -2.63. The predicted octanol–water partition coefficient (Wildman–Crippen LogP) is 9.42. The van der Waals surface area contributed by atoms with E-state index in [4.69, 9.17) is 14.6 Å². The summed E-state index contributed by atoms with van der Waals surface area (Å²) in [6.07, 6.45) is 8.97. The Bertz CT molecular complexity index is 2870. The van der Waals surface area contributed by atoms with Gasteiger partial charge < -0.3 is 29.5 Å². The molecule has 10 rings (SSSR count). The number of halogens is 2. The Kier molecular flexibility index (Phi) is 12.1. The average Bonchev–Trinajstić information content (AvgIpc) is 3.97. The minimum absolute atomic E-state index is 0.0159. The lowest BCUT2D eigenvalue weighted by molar-refractivity contribution is -0.485. The van der Waals surface area contributed by atoms with Gasteiger partial charge in [0.15, 0.2) is 5.71 Å². The van der Waals surface area contributed by atoms with Crippen LogP contribution in [0.4, 0.5) is 20.2 Å². The Morgan fingerprint density at radius 1 is 0.943 bits per heavy atom. The highest BCUT2D eigenvalue weighted by Gasteiger charge is 2.64. The zero-order valence-corrected chi connectivity index (χ0v) is 41.4. The summed E-state index contributed by atoms with van der Waals surface area (Å²) < 4.78 is 45.4. The summed E-state index contributed by atoms with van der Waals surface area (Å²) in [5, 5.41) is 22.4. The van der Waals surface area contributed by atoms with E-state index in [1.807, 2.05) is 23.1 Å². The van der Waals surface area contributed by atoms with Crippen molar-refractivity contribution in [3.63, 3.8) is 0 Å². The van der Waals surface area contributed by atoms with Crippen molar-refractivity contribution in [2.75, 3.05) is 49.6 Å². The minimum Gasteiger partial charge on any atom is -0.495 e. The van der Waals surface area contributed by atoms with Gasteiger partial charge in [0.1, 0.15) is 23.7 Å². The third-order valence-corrected chi connectivity index (χ3v) is 16.4. The Hall–Kier alpha value is -6.56. The highest BCUT2D eigenvalue weighted by atomic mass is 19.3. The quantitative estimate of drug-likeness (QED) is 0.173. The number of carbonyl (C=O) groups excluding carboxylic acids is 2. The zero-order valence-electron chi connectivity index (χ0n) is 41.4. The number of nitrogens with one attached hydrogen (secondary N) is 1. The van der Waals surface area contributed by atoms with E-state index in [1.165, 1.54) is 12.8 Å². The second kappa shape index (κ2) is 18.0. The number of benzene rings is 3. The summed E-state index contributed by atoms with van der Waals surface area (Å²) in [7, 11) is 3.33. The van der Waals surface area contributed by atoms with E-state index in [0.717, 1.165) is 98.5 Å². The number of nitrogens with zero attached hydrogens (tertiary/aromatic N) is 8. The maximum atomic E-state index is 14.8. The number of ether oxygens (including phenoxy) is 2. The van der Waals surface area contributed by atoms with Crippen molar-refractivity contribution in [3.8, 4) is 28.7 Å². The maximum absolute atomic E-state index is 14.8. The van der Waals surface area contributed by atoms with Gasteiger partial charge in [-0.15, -0.1) is 0 Å². The van der Waals surface area contributed by atoms with Crippen LogP contribution in [0.1, 0.15) is 119 Å². The van der Waals surface area contributed by atoms with Crippen LogP contribution < -0.4 is 24.6 Å². The second-order valence-corrected chi connectivity index (χ2v) is 21.5. The molecule has 15 heteroatoms. The van der Waals surface area contributed by atoms with E-state index in [2.05, 4.69) is 70.8 Å². The van der Waals surface area contributed by atoms with Crippen molar-refractivity contribution >= 4 is 34.7 Å². The van der Waals surface area contributed by atoms with Gasteiger partial charge in [-0.25, -0.2) is 8.78 Å². The molecular weight excluding hydrogens is 889 g/mol. The molecular formula is C55H64F2N9O4+. The van der Waals surface area contributed by atoms with Gasteiger partial charge in [-0.2, -0.15) is 10.4 Å². The number of rotatable bonds is 8. The smallest absolute Gasteiger partial charge is 0.264 e. The van der Waals surface area contributed by atoms with Gasteiger partial charge in [0, 0.05) is 115 Å². The molecule has 70 heavy (non-hydrogen) atoms. The van der Waals surface area contributed by atoms with Crippen LogP contribution in [-0.4, -0.2) is 94.7 Å². The second-order valence-electron chi connectivity index (χ2n) is 21.5. The van der Waals surface area contributed by atoms with Crippen molar-refractivity contribution in [2.45, 2.75) is 111 Å². The van der Waals surface area contributed by atoms with Crippen molar-refractivity contribution < 1.29 is 32.5 Å². The number of aromatic nitrogens is 2. The number of hydrazone groups is 1. The molecule has 13 nitrogen and oxygen atoms in total. The van der Waals surface area contributed by atoms with Crippen molar-refractivity contribution in [1.82, 2.24) is 20.0 Å². The number of fused-ring (bicyclic) bond motifs is 1. The lowest BCUT2D eigenvalue weighted by Crippen LogP contribution is -2.74. The molecule has 2 aliphatic carbocycles. The van der Waals surface area contributed by atoms with Gasteiger partial charge in [0.2, 0.25) is 17.4 Å². The first-order chi connectivity index (χ1) is 33.5. The Morgan fingerprint density at radius 2 is 1.70 bits per heavy atom. The Balaban J connectivity index is 0.832. The highest BCUT2D eigenvalue weighted by Crippen LogP contribution is 2.56. The molecule has 4 aromatic rings. The molecule has 0 radical (unpaired) electrons. The number of hydrogen-bond acceptors (Lipinski definition) is 9. The topological polar surface area (TPSA) is 131 Å². The lowest BCUT2D eigenvalue weighted by atomic mass is 9.49. The number of amidine groups is 1. The van der Waals surface area contributed by atoms with Crippen LogP contribution in [0.5, 0.6) is 11.5 Å². The summed E-state index contributed by atoms with van der Waals surface area (Å²) in [6, 6.07) is 18.9. The van der Waals surface area contributed by atoms with E-state index in [-0.39, 0.29) is 45.8 Å². The fourth-order valence-electron chi connectivity index (χ4n) is 12.9. The summed E-state index contributed by atoms with van der Waals surface area (Å²) in [6.45, 7) is 13.7. The van der Waals surface area contributed by atoms with Crippen LogP contribution in [0.25, 0.3) is 11.1 Å². The molecule has 0 bridgehead atoms. The molecule has 0 unspecified atom stereocenters. The fraction of sp³-hybridized carbons (Fsp3) is 0.491. The standard InChI is InChI=1S/C55H63F2N9O4/c1-34(67)63-25-19-45-44(32-63)49(65-24-8-10-36-26-42(38-30-59-62(6)31-38)43(48(56)57)28-46(36)65)61-66(45)40-17-21-55(22-18-40)20-9-23-64(33-55)39-14-11-35(12-15-39)50(68)60-51-53(2,3)52(54(51,4)5)70-41-16-13-37(29-58)47(27-41)69-7/h11-16,26-28,30-31,48,51-52H,8-10,17-25,32-33H2,1-7H3/p+1. The summed E-state index contributed by atoms with van der Waals surface area (Å²) >= 11 is 0. The molecule has 1 saturated heterocycles. The van der Waals surface area contributed by atoms with Gasteiger partial charge in [0.25, 0.3) is 12.3 Å². The van der Waals surface area contributed by atoms with Crippen LogP contribution in [0, 0.1) is 27.6 Å². The first kappa shape index (κ1) is 47.1. The Morgan fingerprint density at radius 3 is 2.37 bits per heavy atom. The number of nitriles is 1. The fourth-order valence-corrected chi connectivity index (χ4v) is 12.9. The number of anilines is 2. The summed E-state index contributed by atoms with van der Waals surface area (Å²) in [5.41, 5.74) is 7.93. The van der Waals surface area contributed by atoms with Gasteiger partial charge in [-0.05, 0) is 104 Å². The number of aryl methyl sites for hydroxylation is 2. The van der Waals surface area contributed by atoms with E-state index in [0.29, 0.717) is 59.8 Å². The van der Waals surface area contributed by atoms with Gasteiger partial charge in [0.05, 0.1) is 37.4 Å². The number of piperidine rings is 1. The first-order valence-electron chi connectivity index (χ1n) is 24.8.